The van der Waals surface area contributed by atoms with Crippen LogP contribution in [0.4, 0.5) is 13.6 Å². The van der Waals surface area contributed by atoms with Crippen LogP contribution in [0.2, 0.25) is 0 Å². The maximum Gasteiger partial charge on any atom is 0.318 e. The first-order valence-electron chi connectivity index (χ1n) is 7.46. The SMILES string of the molecule is COC(C)(C)CNC(=O)N1C[C@H](O)C[C@@H]1c1cc(F)ccc1F. The van der Waals surface area contributed by atoms with Crippen LogP contribution in [-0.2, 0) is 4.74 Å². The number of halogens is 2. The molecule has 23 heavy (non-hydrogen) atoms. The first kappa shape index (κ1) is 17.6. The molecule has 0 bridgehead atoms. The van der Waals surface area contributed by atoms with E-state index < -0.39 is 35.4 Å². The lowest BCUT2D eigenvalue weighted by Crippen LogP contribution is -2.46. The number of β-amino-alcohol motifs (C(OH)–C–C–N with tert-alkyl or cyclic N) is 1. The van der Waals surface area contributed by atoms with Crippen molar-refractivity contribution in [3.8, 4) is 0 Å². The van der Waals surface area contributed by atoms with Crippen molar-refractivity contribution in [2.45, 2.75) is 38.0 Å². The summed E-state index contributed by atoms with van der Waals surface area (Å²) in [4.78, 5) is 13.7. The number of benzene rings is 1. The van der Waals surface area contributed by atoms with Crippen molar-refractivity contribution < 1.29 is 23.4 Å². The van der Waals surface area contributed by atoms with Crippen molar-refractivity contribution in [1.82, 2.24) is 10.2 Å². The van der Waals surface area contributed by atoms with Crippen LogP contribution >= 0.6 is 0 Å². The highest BCUT2D eigenvalue weighted by Gasteiger charge is 2.37. The first-order valence-corrected chi connectivity index (χ1v) is 7.46. The van der Waals surface area contributed by atoms with Crippen LogP contribution in [0.1, 0.15) is 31.9 Å². The second-order valence-corrected chi connectivity index (χ2v) is 6.35. The molecular formula is C16H22F2N2O3. The van der Waals surface area contributed by atoms with Crippen molar-refractivity contribution in [3.05, 3.63) is 35.4 Å². The number of amides is 2. The zero-order chi connectivity index (χ0) is 17.2. The molecule has 0 unspecified atom stereocenters. The number of urea groups is 1. The average molecular weight is 328 g/mol. The Morgan fingerprint density at radius 1 is 1.48 bits per heavy atom. The van der Waals surface area contributed by atoms with E-state index in [9.17, 15) is 18.7 Å². The summed E-state index contributed by atoms with van der Waals surface area (Å²) in [5, 5.41) is 12.6. The topological polar surface area (TPSA) is 61.8 Å². The van der Waals surface area contributed by atoms with E-state index >= 15 is 0 Å². The zero-order valence-electron chi connectivity index (χ0n) is 13.5. The summed E-state index contributed by atoms with van der Waals surface area (Å²) in [6.07, 6.45) is -0.606. The van der Waals surface area contributed by atoms with E-state index in [1.165, 1.54) is 12.0 Å². The van der Waals surface area contributed by atoms with Gasteiger partial charge in [-0.25, -0.2) is 13.6 Å². The molecule has 1 fully saturated rings. The Morgan fingerprint density at radius 2 is 2.17 bits per heavy atom. The third kappa shape index (κ3) is 4.17. The number of carbonyl (C=O) groups excluding carboxylic acids is 1. The van der Waals surface area contributed by atoms with Crippen LogP contribution in [-0.4, -0.2) is 47.9 Å². The number of methoxy groups -OCH3 is 1. The van der Waals surface area contributed by atoms with Gasteiger partial charge in [-0.05, 0) is 38.5 Å². The summed E-state index contributed by atoms with van der Waals surface area (Å²) >= 11 is 0. The van der Waals surface area contributed by atoms with E-state index in [1.807, 2.05) is 13.8 Å². The number of hydrogen-bond acceptors (Lipinski definition) is 3. The summed E-state index contributed by atoms with van der Waals surface area (Å²) in [6, 6.07) is 1.97. The van der Waals surface area contributed by atoms with Crippen molar-refractivity contribution in [2.75, 3.05) is 20.2 Å². The summed E-state index contributed by atoms with van der Waals surface area (Å²) in [7, 11) is 1.54. The first-order chi connectivity index (χ1) is 10.7. The molecule has 7 heteroatoms. The number of rotatable bonds is 4. The molecule has 0 saturated carbocycles. The minimum Gasteiger partial charge on any atom is -0.391 e. The van der Waals surface area contributed by atoms with Crippen molar-refractivity contribution >= 4 is 6.03 Å². The van der Waals surface area contributed by atoms with Gasteiger partial charge in [-0.3, -0.25) is 0 Å². The molecule has 2 amide bonds. The Hall–Kier alpha value is -1.73. The minimum atomic E-state index is -0.774. The van der Waals surface area contributed by atoms with E-state index in [0.717, 1.165) is 18.2 Å². The number of aliphatic hydroxyl groups excluding tert-OH is 1. The van der Waals surface area contributed by atoms with E-state index in [-0.39, 0.29) is 25.1 Å². The molecule has 1 aliphatic rings. The van der Waals surface area contributed by atoms with Crippen molar-refractivity contribution in [3.63, 3.8) is 0 Å². The lowest BCUT2D eigenvalue weighted by atomic mass is 10.0. The van der Waals surface area contributed by atoms with Gasteiger partial charge in [0, 0.05) is 25.8 Å². The molecule has 2 atom stereocenters. The number of ether oxygens (including phenoxy) is 1. The van der Waals surface area contributed by atoms with E-state index in [4.69, 9.17) is 4.74 Å². The highest BCUT2D eigenvalue weighted by molar-refractivity contribution is 5.75. The van der Waals surface area contributed by atoms with Gasteiger partial charge in [-0.15, -0.1) is 0 Å². The molecule has 5 nitrogen and oxygen atoms in total. The summed E-state index contributed by atoms with van der Waals surface area (Å²) < 4.78 is 32.6. The Balaban J connectivity index is 2.16. The average Bonchev–Trinajstić information content (AvgIpc) is 2.89. The Bertz CT molecular complexity index is 580. The van der Waals surface area contributed by atoms with Gasteiger partial charge in [0.05, 0.1) is 17.7 Å². The molecule has 1 aliphatic heterocycles. The van der Waals surface area contributed by atoms with Gasteiger partial charge in [0.25, 0.3) is 0 Å². The molecule has 1 aromatic carbocycles. The lowest BCUT2D eigenvalue weighted by molar-refractivity contribution is 0.0241. The van der Waals surface area contributed by atoms with Crippen LogP contribution in [0.25, 0.3) is 0 Å². The van der Waals surface area contributed by atoms with Crippen LogP contribution in [0.3, 0.4) is 0 Å². The fourth-order valence-corrected chi connectivity index (χ4v) is 2.57. The molecule has 128 valence electrons. The third-order valence-electron chi connectivity index (χ3n) is 4.07. The fourth-order valence-electron chi connectivity index (χ4n) is 2.57. The van der Waals surface area contributed by atoms with Gasteiger partial charge in [-0.1, -0.05) is 0 Å². The molecule has 0 spiro atoms. The monoisotopic (exact) mass is 328 g/mol. The predicted octanol–water partition coefficient (Wildman–Crippen LogP) is 2.21. The smallest absolute Gasteiger partial charge is 0.318 e. The van der Waals surface area contributed by atoms with Crippen molar-refractivity contribution in [1.29, 1.82) is 0 Å². The lowest BCUT2D eigenvalue weighted by Gasteiger charge is -2.28. The molecule has 2 rings (SSSR count). The van der Waals surface area contributed by atoms with Gasteiger partial charge < -0.3 is 20.1 Å². The molecule has 0 aromatic heterocycles. The molecular weight excluding hydrogens is 306 g/mol. The number of hydrogen-bond donors (Lipinski definition) is 2. The van der Waals surface area contributed by atoms with E-state index in [0.29, 0.717) is 0 Å². The highest BCUT2D eigenvalue weighted by Crippen LogP contribution is 2.34. The quantitative estimate of drug-likeness (QED) is 0.891. The second-order valence-electron chi connectivity index (χ2n) is 6.35. The number of carbonyl (C=O) groups is 1. The molecule has 1 aromatic rings. The Kier molecular flexibility index (Phi) is 5.21. The van der Waals surface area contributed by atoms with Gasteiger partial charge in [-0.2, -0.15) is 0 Å². The van der Waals surface area contributed by atoms with Gasteiger partial charge >= 0.3 is 6.03 Å². The summed E-state index contributed by atoms with van der Waals surface area (Å²) in [6.45, 7) is 3.96. The number of aliphatic hydroxyl groups is 1. The van der Waals surface area contributed by atoms with Crippen molar-refractivity contribution in [2.24, 2.45) is 0 Å². The summed E-state index contributed by atoms with van der Waals surface area (Å²) in [5.74, 6) is -1.18. The number of likely N-dealkylation sites (tertiary alicyclic amines) is 1. The fraction of sp³-hybridized carbons (Fsp3) is 0.562. The molecule has 1 heterocycles. The number of nitrogens with one attached hydrogen (secondary N) is 1. The largest absolute Gasteiger partial charge is 0.391 e. The normalized spacial score (nSPS) is 21.6. The van der Waals surface area contributed by atoms with Crippen LogP contribution in [0.15, 0.2) is 18.2 Å². The van der Waals surface area contributed by atoms with Gasteiger partial charge in [0.15, 0.2) is 0 Å². The molecule has 2 N–H and O–H groups in total. The Morgan fingerprint density at radius 3 is 2.83 bits per heavy atom. The van der Waals surface area contributed by atoms with E-state index in [1.54, 1.807) is 0 Å². The standard InChI is InChI=1S/C16H22F2N2O3/c1-16(2,23-3)9-19-15(22)20-8-11(21)7-14(20)12-6-10(17)4-5-13(12)18/h4-6,11,14,21H,7-9H2,1-3H3,(H,19,22)/t11-,14-/m1/s1. The minimum absolute atomic E-state index is 0.0693. The molecule has 0 aliphatic carbocycles. The van der Waals surface area contributed by atoms with Crippen LogP contribution < -0.4 is 5.32 Å². The molecule has 1 saturated heterocycles. The highest BCUT2D eigenvalue weighted by atomic mass is 19.1. The molecule has 0 radical (unpaired) electrons. The maximum atomic E-state index is 14.0. The summed E-state index contributed by atoms with van der Waals surface area (Å²) in [5.41, 5.74) is -0.476. The van der Waals surface area contributed by atoms with Gasteiger partial charge in [0.1, 0.15) is 11.6 Å². The van der Waals surface area contributed by atoms with Crippen LogP contribution in [0.5, 0.6) is 0 Å². The predicted molar refractivity (Wildman–Crippen MR) is 80.9 cm³/mol. The van der Waals surface area contributed by atoms with E-state index in [2.05, 4.69) is 5.32 Å². The maximum absolute atomic E-state index is 14.0. The van der Waals surface area contributed by atoms with Crippen LogP contribution in [0, 0.1) is 11.6 Å². The van der Waals surface area contributed by atoms with Gasteiger partial charge in [0.2, 0.25) is 0 Å². The second kappa shape index (κ2) is 6.80. The number of nitrogens with zero attached hydrogens (tertiary/aromatic N) is 1. The third-order valence-corrected chi connectivity index (χ3v) is 4.07. The zero-order valence-corrected chi connectivity index (χ0v) is 13.5. The Labute approximate surface area is 134 Å².